The van der Waals surface area contributed by atoms with Gasteiger partial charge in [-0.3, -0.25) is 9.59 Å². The van der Waals surface area contributed by atoms with Crippen LogP contribution >= 0.6 is 0 Å². The Balaban J connectivity index is 1.74. The van der Waals surface area contributed by atoms with E-state index in [4.69, 9.17) is 5.73 Å². The van der Waals surface area contributed by atoms with Crippen molar-refractivity contribution in [2.45, 2.75) is 33.2 Å². The number of anilines is 1. The van der Waals surface area contributed by atoms with Crippen molar-refractivity contribution in [3.05, 3.63) is 41.5 Å². The van der Waals surface area contributed by atoms with Crippen LogP contribution in [-0.4, -0.2) is 41.2 Å². The van der Waals surface area contributed by atoms with E-state index in [1.54, 1.807) is 9.80 Å². The Labute approximate surface area is 143 Å². The van der Waals surface area contributed by atoms with Gasteiger partial charge in [0.1, 0.15) is 0 Å². The number of hydrogen-bond acceptors (Lipinski definition) is 3. The summed E-state index contributed by atoms with van der Waals surface area (Å²) in [5, 5.41) is 0. The zero-order valence-corrected chi connectivity index (χ0v) is 14.4. The second-order valence-corrected chi connectivity index (χ2v) is 7.49. The summed E-state index contributed by atoms with van der Waals surface area (Å²) in [4.78, 5) is 28.7. The first kappa shape index (κ1) is 16.6. The molecule has 0 saturated carbocycles. The predicted molar refractivity (Wildman–Crippen MR) is 94.1 cm³/mol. The van der Waals surface area contributed by atoms with Crippen molar-refractivity contribution in [1.82, 2.24) is 9.80 Å². The predicted octanol–water partition coefficient (Wildman–Crippen LogP) is 1.97. The molecule has 128 valence electrons. The average molecular weight is 327 g/mol. The molecule has 0 atom stereocenters. The number of nitrogens with zero attached hydrogens (tertiary/aromatic N) is 2. The molecule has 0 aromatic heterocycles. The molecule has 0 spiro atoms. The monoisotopic (exact) mass is 327 g/mol. The van der Waals surface area contributed by atoms with E-state index in [1.165, 1.54) is 5.56 Å². The van der Waals surface area contributed by atoms with Gasteiger partial charge in [-0.05, 0) is 35.4 Å². The van der Waals surface area contributed by atoms with E-state index < -0.39 is 11.8 Å². The maximum Gasteiger partial charge on any atom is 0.312 e. The van der Waals surface area contributed by atoms with Crippen LogP contribution in [0.25, 0.3) is 0 Å². The molecule has 2 heterocycles. The summed E-state index contributed by atoms with van der Waals surface area (Å²) in [7, 11) is 0. The van der Waals surface area contributed by atoms with Crippen molar-refractivity contribution in [3.63, 3.8) is 0 Å². The molecule has 2 amide bonds. The highest BCUT2D eigenvalue weighted by atomic mass is 16.2. The molecule has 2 N–H and O–H groups in total. The third-order valence-electron chi connectivity index (χ3n) is 4.85. The molecule has 0 radical (unpaired) electrons. The van der Waals surface area contributed by atoms with E-state index in [1.807, 2.05) is 24.3 Å². The first-order valence-corrected chi connectivity index (χ1v) is 8.47. The Morgan fingerprint density at radius 2 is 1.88 bits per heavy atom. The van der Waals surface area contributed by atoms with Crippen molar-refractivity contribution in [2.75, 3.05) is 25.4 Å². The SMILES string of the molecule is CC1(C)CC=CCN(C(=O)C(=O)N2CCc3cccc(N)c3C2)C1. The topological polar surface area (TPSA) is 66.6 Å². The number of carbonyl (C=O) groups is 2. The quantitative estimate of drug-likeness (QED) is 0.450. The van der Waals surface area contributed by atoms with Gasteiger partial charge in [0.2, 0.25) is 0 Å². The summed E-state index contributed by atoms with van der Waals surface area (Å²) in [6.45, 7) is 6.31. The summed E-state index contributed by atoms with van der Waals surface area (Å²) in [6, 6.07) is 5.82. The minimum atomic E-state index is -0.421. The van der Waals surface area contributed by atoms with Crippen LogP contribution in [0.5, 0.6) is 0 Å². The van der Waals surface area contributed by atoms with E-state index in [2.05, 4.69) is 19.9 Å². The number of fused-ring (bicyclic) bond motifs is 1. The van der Waals surface area contributed by atoms with E-state index in [0.29, 0.717) is 31.9 Å². The van der Waals surface area contributed by atoms with E-state index in [9.17, 15) is 9.59 Å². The van der Waals surface area contributed by atoms with Gasteiger partial charge in [0, 0.05) is 31.9 Å². The van der Waals surface area contributed by atoms with E-state index in [-0.39, 0.29) is 5.41 Å². The van der Waals surface area contributed by atoms with Crippen LogP contribution in [0.2, 0.25) is 0 Å². The lowest BCUT2D eigenvalue weighted by molar-refractivity contribution is -0.152. The summed E-state index contributed by atoms with van der Waals surface area (Å²) < 4.78 is 0. The van der Waals surface area contributed by atoms with Gasteiger partial charge in [0.05, 0.1) is 0 Å². The lowest BCUT2D eigenvalue weighted by atomic mass is 9.89. The molecule has 3 rings (SSSR count). The Morgan fingerprint density at radius 1 is 1.12 bits per heavy atom. The van der Waals surface area contributed by atoms with Crippen molar-refractivity contribution in [2.24, 2.45) is 5.41 Å². The lowest BCUT2D eigenvalue weighted by Gasteiger charge is -2.33. The summed E-state index contributed by atoms with van der Waals surface area (Å²) in [5.74, 6) is -0.831. The van der Waals surface area contributed by atoms with E-state index >= 15 is 0 Å². The Bertz CT molecular complexity index is 694. The second-order valence-electron chi connectivity index (χ2n) is 7.49. The molecule has 0 unspecified atom stereocenters. The first-order valence-electron chi connectivity index (χ1n) is 8.47. The van der Waals surface area contributed by atoms with Gasteiger partial charge < -0.3 is 15.5 Å². The molecular weight excluding hydrogens is 302 g/mol. The number of allylic oxidation sites excluding steroid dienone is 1. The smallest absolute Gasteiger partial charge is 0.312 e. The van der Waals surface area contributed by atoms with Gasteiger partial charge in [-0.1, -0.05) is 38.1 Å². The fourth-order valence-corrected chi connectivity index (χ4v) is 3.46. The molecule has 2 aliphatic heterocycles. The number of benzene rings is 1. The van der Waals surface area contributed by atoms with Gasteiger partial charge in [-0.15, -0.1) is 0 Å². The minimum absolute atomic E-state index is 0.0120. The van der Waals surface area contributed by atoms with Crippen LogP contribution in [0.3, 0.4) is 0 Å². The van der Waals surface area contributed by atoms with Crippen molar-refractivity contribution >= 4 is 17.5 Å². The minimum Gasteiger partial charge on any atom is -0.398 e. The average Bonchev–Trinajstić information content (AvgIpc) is 2.74. The molecule has 24 heavy (non-hydrogen) atoms. The Kier molecular flexibility index (Phi) is 4.35. The molecule has 5 heteroatoms. The van der Waals surface area contributed by atoms with Crippen molar-refractivity contribution in [3.8, 4) is 0 Å². The largest absolute Gasteiger partial charge is 0.398 e. The number of nitrogens with two attached hydrogens (primary N) is 1. The first-order chi connectivity index (χ1) is 11.4. The summed E-state index contributed by atoms with van der Waals surface area (Å²) >= 11 is 0. The number of carbonyl (C=O) groups excluding carboxylic acids is 2. The standard InChI is InChI=1S/C19H25N3O2/c1-19(2)9-3-4-10-22(13-19)18(24)17(23)21-11-8-14-6-5-7-16(20)15(14)12-21/h3-7H,8-13,20H2,1-2H3. The molecule has 0 fully saturated rings. The van der Waals surface area contributed by atoms with Crippen molar-refractivity contribution in [1.29, 1.82) is 0 Å². The molecule has 2 aliphatic rings. The number of amides is 2. The van der Waals surface area contributed by atoms with Gasteiger partial charge in [0.15, 0.2) is 0 Å². The number of rotatable bonds is 0. The third-order valence-corrected chi connectivity index (χ3v) is 4.85. The number of nitrogen functional groups attached to an aromatic ring is 1. The van der Waals surface area contributed by atoms with Crippen molar-refractivity contribution < 1.29 is 9.59 Å². The molecular formula is C19H25N3O2. The zero-order chi connectivity index (χ0) is 17.3. The van der Waals surface area contributed by atoms with Gasteiger partial charge in [0.25, 0.3) is 0 Å². The van der Waals surface area contributed by atoms with Crippen LogP contribution in [0, 0.1) is 5.41 Å². The summed E-state index contributed by atoms with van der Waals surface area (Å²) in [6.07, 6.45) is 5.72. The highest BCUT2D eigenvalue weighted by molar-refractivity contribution is 6.35. The normalized spacial score (nSPS) is 19.6. The van der Waals surface area contributed by atoms with Crippen LogP contribution in [0.1, 0.15) is 31.4 Å². The van der Waals surface area contributed by atoms with Crippen LogP contribution in [0.4, 0.5) is 5.69 Å². The lowest BCUT2D eigenvalue weighted by Crippen LogP contribution is -2.48. The summed E-state index contributed by atoms with van der Waals surface area (Å²) in [5.41, 5.74) is 8.86. The number of hydrogen-bond donors (Lipinski definition) is 1. The third kappa shape index (κ3) is 3.30. The molecule has 1 aromatic carbocycles. The second kappa shape index (κ2) is 6.30. The maximum atomic E-state index is 12.7. The van der Waals surface area contributed by atoms with Gasteiger partial charge >= 0.3 is 11.8 Å². The van der Waals surface area contributed by atoms with Crippen LogP contribution in [0.15, 0.2) is 30.4 Å². The zero-order valence-electron chi connectivity index (χ0n) is 14.4. The van der Waals surface area contributed by atoms with Crippen LogP contribution < -0.4 is 5.73 Å². The molecule has 1 aromatic rings. The fraction of sp³-hybridized carbons (Fsp3) is 0.474. The van der Waals surface area contributed by atoms with Gasteiger partial charge in [-0.2, -0.15) is 0 Å². The molecule has 5 nitrogen and oxygen atoms in total. The Morgan fingerprint density at radius 3 is 2.67 bits per heavy atom. The molecule has 0 bridgehead atoms. The Hall–Kier alpha value is -2.30. The molecule has 0 aliphatic carbocycles. The van der Waals surface area contributed by atoms with E-state index in [0.717, 1.165) is 18.4 Å². The highest BCUT2D eigenvalue weighted by Gasteiger charge is 2.33. The molecule has 0 saturated heterocycles. The maximum absolute atomic E-state index is 12.7. The van der Waals surface area contributed by atoms with Crippen LogP contribution in [-0.2, 0) is 22.6 Å². The highest BCUT2D eigenvalue weighted by Crippen LogP contribution is 2.27. The van der Waals surface area contributed by atoms with Gasteiger partial charge in [-0.25, -0.2) is 0 Å². The fourth-order valence-electron chi connectivity index (χ4n) is 3.46.